The van der Waals surface area contributed by atoms with E-state index in [1.807, 2.05) is 24.3 Å². The monoisotopic (exact) mass is 339 g/mol. The highest BCUT2D eigenvalue weighted by Gasteiger charge is 2.11. The Kier molecular flexibility index (Phi) is 6.71. The highest BCUT2D eigenvalue weighted by molar-refractivity contribution is 5.96. The Morgan fingerprint density at radius 1 is 1.12 bits per heavy atom. The fraction of sp³-hybridized carbons (Fsp3) is 0.211. The first-order valence-corrected chi connectivity index (χ1v) is 7.91. The average molecular weight is 339 g/mol. The Balaban J connectivity index is 1.92. The molecule has 2 N–H and O–H groups in total. The Labute approximate surface area is 146 Å². The van der Waals surface area contributed by atoms with Gasteiger partial charge in [-0.1, -0.05) is 24.3 Å². The lowest BCUT2D eigenvalue weighted by Crippen LogP contribution is -2.28. The number of pyridine rings is 1. The van der Waals surface area contributed by atoms with Crippen molar-refractivity contribution in [2.75, 3.05) is 20.2 Å². The number of methoxy groups -OCH3 is 1. The zero-order chi connectivity index (χ0) is 18.1. The van der Waals surface area contributed by atoms with Crippen LogP contribution in [0.15, 0.2) is 55.1 Å². The standard InChI is InChI=1S/C19H21N3O3/c1-3-11-20-18(23)16-8-5-9-17(22-16)19(24)21-12-10-14-6-4-7-15(13-14)25-2/h3-9,13H,1,10-12H2,2H3,(H,20,23)(H,21,24). The molecular formula is C19H21N3O3. The molecule has 1 aromatic heterocycles. The van der Waals surface area contributed by atoms with Crippen LogP contribution in [0.4, 0.5) is 0 Å². The highest BCUT2D eigenvalue weighted by atomic mass is 16.5. The molecule has 0 saturated heterocycles. The minimum atomic E-state index is -0.342. The lowest BCUT2D eigenvalue weighted by molar-refractivity contribution is 0.0946. The summed E-state index contributed by atoms with van der Waals surface area (Å²) in [4.78, 5) is 28.2. The van der Waals surface area contributed by atoms with Crippen LogP contribution in [0, 0.1) is 0 Å². The Morgan fingerprint density at radius 2 is 1.80 bits per heavy atom. The van der Waals surface area contributed by atoms with Crippen LogP contribution >= 0.6 is 0 Å². The van der Waals surface area contributed by atoms with Gasteiger partial charge in [0, 0.05) is 13.1 Å². The molecule has 0 unspecified atom stereocenters. The molecule has 0 aliphatic heterocycles. The van der Waals surface area contributed by atoms with E-state index in [-0.39, 0.29) is 23.2 Å². The predicted octanol–water partition coefficient (Wildman–Crippen LogP) is 1.98. The zero-order valence-corrected chi connectivity index (χ0v) is 14.1. The molecule has 0 fully saturated rings. The second kappa shape index (κ2) is 9.22. The minimum Gasteiger partial charge on any atom is -0.497 e. The van der Waals surface area contributed by atoms with Crippen LogP contribution in [0.25, 0.3) is 0 Å². The number of hydrogen-bond acceptors (Lipinski definition) is 4. The number of amides is 2. The molecule has 6 nitrogen and oxygen atoms in total. The summed E-state index contributed by atoms with van der Waals surface area (Å²) in [6.45, 7) is 4.34. The topological polar surface area (TPSA) is 80.3 Å². The molecule has 2 aromatic rings. The Hall–Kier alpha value is -3.15. The third kappa shape index (κ3) is 5.46. The average Bonchev–Trinajstić information content (AvgIpc) is 2.66. The third-order valence-electron chi connectivity index (χ3n) is 3.45. The molecule has 1 aromatic carbocycles. The largest absolute Gasteiger partial charge is 0.497 e. The predicted molar refractivity (Wildman–Crippen MR) is 95.8 cm³/mol. The van der Waals surface area contributed by atoms with E-state index in [4.69, 9.17) is 4.74 Å². The van der Waals surface area contributed by atoms with Crippen molar-refractivity contribution in [2.45, 2.75) is 6.42 Å². The summed E-state index contributed by atoms with van der Waals surface area (Å²) < 4.78 is 5.17. The van der Waals surface area contributed by atoms with Crippen LogP contribution in [-0.4, -0.2) is 37.0 Å². The summed E-state index contributed by atoms with van der Waals surface area (Å²) in [6, 6.07) is 12.4. The van der Waals surface area contributed by atoms with Crippen molar-refractivity contribution in [1.29, 1.82) is 0 Å². The van der Waals surface area contributed by atoms with Crippen molar-refractivity contribution in [2.24, 2.45) is 0 Å². The van der Waals surface area contributed by atoms with Crippen molar-refractivity contribution in [3.05, 3.63) is 72.1 Å². The van der Waals surface area contributed by atoms with Crippen molar-refractivity contribution >= 4 is 11.8 Å². The molecule has 6 heteroatoms. The van der Waals surface area contributed by atoms with Gasteiger partial charge < -0.3 is 15.4 Å². The van der Waals surface area contributed by atoms with E-state index >= 15 is 0 Å². The number of benzene rings is 1. The van der Waals surface area contributed by atoms with Crippen LogP contribution in [0.2, 0.25) is 0 Å². The molecule has 25 heavy (non-hydrogen) atoms. The molecule has 2 amide bonds. The van der Waals surface area contributed by atoms with Crippen LogP contribution in [0.1, 0.15) is 26.5 Å². The Bertz CT molecular complexity index is 759. The molecule has 1 heterocycles. The molecule has 0 bridgehead atoms. The van der Waals surface area contributed by atoms with Crippen molar-refractivity contribution in [1.82, 2.24) is 15.6 Å². The van der Waals surface area contributed by atoms with Gasteiger partial charge in [-0.3, -0.25) is 9.59 Å². The summed E-state index contributed by atoms with van der Waals surface area (Å²) in [5, 5.41) is 5.43. The number of carbonyl (C=O) groups excluding carboxylic acids is 2. The number of rotatable bonds is 8. The van der Waals surface area contributed by atoms with Crippen molar-refractivity contribution < 1.29 is 14.3 Å². The molecular weight excluding hydrogens is 318 g/mol. The number of hydrogen-bond donors (Lipinski definition) is 2. The number of aromatic nitrogens is 1. The van der Waals surface area contributed by atoms with E-state index in [0.717, 1.165) is 11.3 Å². The molecule has 0 saturated carbocycles. The SMILES string of the molecule is C=CCNC(=O)c1cccc(C(=O)NCCc2cccc(OC)c2)n1. The first-order chi connectivity index (χ1) is 12.1. The van der Waals surface area contributed by atoms with Crippen LogP contribution in [0.5, 0.6) is 5.75 Å². The molecule has 0 radical (unpaired) electrons. The fourth-order valence-corrected chi connectivity index (χ4v) is 2.18. The van der Waals surface area contributed by atoms with Gasteiger partial charge in [0.25, 0.3) is 11.8 Å². The lowest BCUT2D eigenvalue weighted by atomic mass is 10.1. The molecule has 0 spiro atoms. The quantitative estimate of drug-likeness (QED) is 0.721. The summed E-state index contributed by atoms with van der Waals surface area (Å²) >= 11 is 0. The third-order valence-corrected chi connectivity index (χ3v) is 3.45. The normalized spacial score (nSPS) is 9.96. The van der Waals surface area contributed by atoms with Gasteiger partial charge in [-0.25, -0.2) is 4.98 Å². The van der Waals surface area contributed by atoms with Gasteiger partial charge in [0.2, 0.25) is 0 Å². The van der Waals surface area contributed by atoms with Gasteiger partial charge in [-0.05, 0) is 36.2 Å². The van der Waals surface area contributed by atoms with Crippen LogP contribution in [-0.2, 0) is 6.42 Å². The highest BCUT2D eigenvalue weighted by Crippen LogP contribution is 2.12. The summed E-state index contributed by atoms with van der Waals surface area (Å²) in [7, 11) is 1.62. The summed E-state index contributed by atoms with van der Waals surface area (Å²) in [5.74, 6) is 0.121. The summed E-state index contributed by atoms with van der Waals surface area (Å²) in [5.41, 5.74) is 1.46. The van der Waals surface area contributed by atoms with Gasteiger partial charge in [0.05, 0.1) is 7.11 Å². The molecule has 0 aliphatic carbocycles. The molecule has 130 valence electrons. The van der Waals surface area contributed by atoms with Gasteiger partial charge in [0.15, 0.2) is 0 Å². The minimum absolute atomic E-state index is 0.197. The Morgan fingerprint density at radius 3 is 2.48 bits per heavy atom. The fourth-order valence-electron chi connectivity index (χ4n) is 2.18. The maximum absolute atomic E-state index is 12.2. The number of nitrogens with one attached hydrogen (secondary N) is 2. The second-order valence-electron chi connectivity index (χ2n) is 5.26. The van der Waals surface area contributed by atoms with Gasteiger partial charge in [-0.15, -0.1) is 6.58 Å². The van der Waals surface area contributed by atoms with Crippen LogP contribution in [0.3, 0.4) is 0 Å². The van der Waals surface area contributed by atoms with Crippen LogP contribution < -0.4 is 15.4 Å². The van der Waals surface area contributed by atoms with Gasteiger partial charge in [-0.2, -0.15) is 0 Å². The molecule has 0 atom stereocenters. The maximum Gasteiger partial charge on any atom is 0.270 e. The number of ether oxygens (including phenoxy) is 1. The smallest absolute Gasteiger partial charge is 0.270 e. The second-order valence-corrected chi connectivity index (χ2v) is 5.26. The summed E-state index contributed by atoms with van der Waals surface area (Å²) in [6.07, 6.45) is 2.25. The van der Waals surface area contributed by atoms with E-state index in [9.17, 15) is 9.59 Å². The van der Waals surface area contributed by atoms with Gasteiger partial charge >= 0.3 is 0 Å². The lowest BCUT2D eigenvalue weighted by Gasteiger charge is -2.07. The van der Waals surface area contributed by atoms with Gasteiger partial charge in [0.1, 0.15) is 17.1 Å². The number of nitrogens with zero attached hydrogens (tertiary/aromatic N) is 1. The molecule has 0 aliphatic rings. The molecule has 2 rings (SSSR count). The zero-order valence-electron chi connectivity index (χ0n) is 14.1. The van der Waals surface area contributed by atoms with Crippen molar-refractivity contribution in [3.8, 4) is 5.75 Å². The van der Waals surface area contributed by atoms with E-state index in [2.05, 4.69) is 22.2 Å². The van der Waals surface area contributed by atoms with E-state index in [0.29, 0.717) is 19.5 Å². The van der Waals surface area contributed by atoms with Crippen molar-refractivity contribution in [3.63, 3.8) is 0 Å². The number of carbonyl (C=O) groups is 2. The first-order valence-electron chi connectivity index (χ1n) is 7.91. The first kappa shape index (κ1) is 18.2. The van der Waals surface area contributed by atoms with E-state index in [1.54, 1.807) is 31.4 Å². The van der Waals surface area contributed by atoms with E-state index in [1.165, 1.54) is 0 Å². The maximum atomic E-state index is 12.2. The van der Waals surface area contributed by atoms with E-state index < -0.39 is 0 Å².